The van der Waals surface area contributed by atoms with Crippen molar-refractivity contribution in [3.63, 3.8) is 0 Å². The molecular formula is C16H15F3N6O2S. The van der Waals surface area contributed by atoms with Gasteiger partial charge in [0.05, 0.1) is 16.1 Å². The summed E-state index contributed by atoms with van der Waals surface area (Å²) >= 11 is 0. The normalized spacial score (nSPS) is 12.2. The van der Waals surface area contributed by atoms with E-state index in [0.29, 0.717) is 0 Å². The number of tetrazole rings is 1. The van der Waals surface area contributed by atoms with E-state index in [1.807, 2.05) is 0 Å². The lowest BCUT2D eigenvalue weighted by Gasteiger charge is -2.23. The molecule has 0 saturated heterocycles. The van der Waals surface area contributed by atoms with E-state index in [-0.39, 0.29) is 22.0 Å². The molecule has 0 aliphatic carbocycles. The van der Waals surface area contributed by atoms with Gasteiger partial charge in [-0.2, -0.15) is 13.2 Å². The average Bonchev–Trinajstić information content (AvgIpc) is 3.06. The number of hydrogen-bond donors (Lipinski definition) is 1. The topological polar surface area (TPSA) is 93.0 Å². The molecule has 12 heteroatoms. The lowest BCUT2D eigenvalue weighted by atomic mass is 10.1. The van der Waals surface area contributed by atoms with Crippen LogP contribution >= 0.6 is 0 Å². The second-order valence-electron chi connectivity index (χ2n) is 5.82. The van der Waals surface area contributed by atoms with Gasteiger partial charge in [0.2, 0.25) is 0 Å². The number of rotatable bonds is 5. The first-order valence-electron chi connectivity index (χ1n) is 7.85. The fourth-order valence-electron chi connectivity index (χ4n) is 2.52. The molecule has 0 unspecified atom stereocenters. The van der Waals surface area contributed by atoms with Gasteiger partial charge in [0.1, 0.15) is 0 Å². The highest BCUT2D eigenvalue weighted by atomic mass is 32.2. The maximum absolute atomic E-state index is 13.2. The molecule has 1 heterocycles. The molecule has 148 valence electrons. The van der Waals surface area contributed by atoms with Gasteiger partial charge in [-0.3, -0.25) is 5.01 Å². The van der Waals surface area contributed by atoms with Gasteiger partial charge in [0, 0.05) is 19.7 Å². The number of aryl methyl sites for hydroxylation is 1. The molecular weight excluding hydrogens is 397 g/mol. The van der Waals surface area contributed by atoms with Crippen LogP contribution in [0.4, 0.5) is 18.9 Å². The molecule has 0 fully saturated rings. The Bertz CT molecular complexity index is 1080. The number of nitrogens with zero attached hydrogens (tertiary/aromatic N) is 5. The van der Waals surface area contributed by atoms with Crippen molar-refractivity contribution in [2.75, 3.05) is 12.1 Å². The largest absolute Gasteiger partial charge is 0.416 e. The quantitative estimate of drug-likeness (QED) is 0.646. The number of sulfonamides is 1. The molecule has 28 heavy (non-hydrogen) atoms. The summed E-state index contributed by atoms with van der Waals surface area (Å²) in [6.45, 7) is 0. The van der Waals surface area contributed by atoms with E-state index < -0.39 is 21.8 Å². The summed E-state index contributed by atoms with van der Waals surface area (Å²) in [7, 11) is -1.11. The molecule has 1 aromatic heterocycles. The molecule has 0 atom stereocenters. The van der Waals surface area contributed by atoms with Crippen LogP contribution in [0, 0.1) is 0 Å². The zero-order chi connectivity index (χ0) is 20.5. The van der Waals surface area contributed by atoms with E-state index in [2.05, 4.69) is 20.4 Å². The van der Waals surface area contributed by atoms with Crippen LogP contribution in [0.1, 0.15) is 5.56 Å². The fraction of sp³-hybridized carbons (Fsp3) is 0.188. The van der Waals surface area contributed by atoms with Crippen LogP contribution in [0.25, 0.3) is 11.4 Å². The van der Waals surface area contributed by atoms with Gasteiger partial charge in [-0.1, -0.05) is 18.2 Å². The van der Waals surface area contributed by atoms with Crippen molar-refractivity contribution >= 4 is 15.7 Å². The Hall–Kier alpha value is -2.99. The SMILES string of the molecule is CN(NS(=O)(=O)c1ccccc1)c1ccc(C(F)(F)F)cc1-c1nnnn1C. The molecule has 0 aliphatic rings. The Morgan fingerprint density at radius 3 is 2.36 bits per heavy atom. The summed E-state index contributed by atoms with van der Waals surface area (Å²) in [5.74, 6) is 0.0480. The average molecular weight is 412 g/mol. The summed E-state index contributed by atoms with van der Waals surface area (Å²) in [5.41, 5.74) is -0.750. The summed E-state index contributed by atoms with van der Waals surface area (Å²) in [6.07, 6.45) is -4.58. The number of nitrogens with one attached hydrogen (secondary N) is 1. The maximum atomic E-state index is 13.2. The van der Waals surface area contributed by atoms with Crippen molar-refractivity contribution in [1.82, 2.24) is 25.0 Å². The predicted molar refractivity (Wildman–Crippen MR) is 94.4 cm³/mol. The van der Waals surface area contributed by atoms with Gasteiger partial charge in [-0.25, -0.2) is 13.1 Å². The standard InChI is InChI=1S/C16H15F3N6O2S/c1-24(23-28(26,27)12-6-4-3-5-7-12)14-9-8-11(16(17,18)19)10-13(14)15-20-21-22-25(15)2/h3-10,23H,1-2H3. The maximum Gasteiger partial charge on any atom is 0.416 e. The monoisotopic (exact) mass is 412 g/mol. The Morgan fingerprint density at radius 1 is 1.11 bits per heavy atom. The first kappa shape index (κ1) is 19.8. The Balaban J connectivity index is 2.05. The van der Waals surface area contributed by atoms with Crippen molar-refractivity contribution in [3.8, 4) is 11.4 Å². The number of aromatic nitrogens is 4. The van der Waals surface area contributed by atoms with Gasteiger partial charge in [0.25, 0.3) is 10.0 Å². The molecule has 0 amide bonds. The van der Waals surface area contributed by atoms with E-state index in [9.17, 15) is 21.6 Å². The van der Waals surface area contributed by atoms with Crippen LogP contribution in [0.3, 0.4) is 0 Å². The second kappa shape index (κ2) is 7.20. The summed E-state index contributed by atoms with van der Waals surface area (Å²) in [4.78, 5) is 2.33. The Morgan fingerprint density at radius 2 is 1.79 bits per heavy atom. The molecule has 3 rings (SSSR count). The number of alkyl halides is 3. The first-order valence-corrected chi connectivity index (χ1v) is 9.33. The van der Waals surface area contributed by atoms with Crippen LogP contribution in [0.15, 0.2) is 53.4 Å². The van der Waals surface area contributed by atoms with E-state index in [4.69, 9.17) is 0 Å². The second-order valence-corrected chi connectivity index (χ2v) is 7.48. The van der Waals surface area contributed by atoms with Gasteiger partial charge in [-0.15, -0.1) is 9.93 Å². The van der Waals surface area contributed by atoms with Gasteiger partial charge in [-0.05, 0) is 40.8 Å². The third kappa shape index (κ3) is 3.97. The molecule has 0 spiro atoms. The zero-order valence-corrected chi connectivity index (χ0v) is 15.5. The van der Waals surface area contributed by atoms with Crippen LogP contribution in [0.2, 0.25) is 0 Å². The van der Waals surface area contributed by atoms with Gasteiger partial charge < -0.3 is 0 Å². The highest BCUT2D eigenvalue weighted by Gasteiger charge is 2.32. The fourth-order valence-corrected chi connectivity index (χ4v) is 3.60. The Labute approximate surface area is 158 Å². The first-order chi connectivity index (χ1) is 13.1. The minimum atomic E-state index is -4.58. The summed E-state index contributed by atoms with van der Waals surface area (Å²) in [5, 5.41) is 11.9. The molecule has 8 nitrogen and oxygen atoms in total. The van der Waals surface area contributed by atoms with Crippen molar-refractivity contribution < 1.29 is 21.6 Å². The number of halogens is 3. The van der Waals surface area contributed by atoms with Crippen LogP contribution in [-0.4, -0.2) is 35.7 Å². The molecule has 1 N–H and O–H groups in total. The summed E-state index contributed by atoms with van der Waals surface area (Å²) in [6, 6.07) is 10.5. The summed E-state index contributed by atoms with van der Waals surface area (Å²) < 4.78 is 65.7. The minimum absolute atomic E-state index is 0.00985. The molecule has 0 radical (unpaired) electrons. The van der Waals surface area contributed by atoms with Crippen molar-refractivity contribution in [3.05, 3.63) is 54.1 Å². The third-order valence-corrected chi connectivity index (χ3v) is 5.26. The van der Waals surface area contributed by atoms with Crippen LogP contribution in [-0.2, 0) is 23.2 Å². The predicted octanol–water partition coefficient (Wildman–Crippen LogP) is 2.23. The highest BCUT2D eigenvalue weighted by molar-refractivity contribution is 7.89. The van der Waals surface area contributed by atoms with Crippen molar-refractivity contribution in [1.29, 1.82) is 0 Å². The third-order valence-electron chi connectivity index (χ3n) is 3.86. The number of hydrogen-bond acceptors (Lipinski definition) is 6. The highest BCUT2D eigenvalue weighted by Crippen LogP contribution is 2.36. The lowest BCUT2D eigenvalue weighted by Crippen LogP contribution is -2.39. The van der Waals surface area contributed by atoms with E-state index in [1.165, 1.54) is 30.9 Å². The van der Waals surface area contributed by atoms with Crippen molar-refractivity contribution in [2.45, 2.75) is 11.1 Å². The molecule has 2 aromatic carbocycles. The van der Waals surface area contributed by atoms with Crippen LogP contribution < -0.4 is 9.84 Å². The van der Waals surface area contributed by atoms with E-state index in [1.54, 1.807) is 18.2 Å². The molecule has 0 saturated carbocycles. The smallest absolute Gasteiger partial charge is 0.297 e. The molecule has 0 bridgehead atoms. The number of benzene rings is 2. The van der Waals surface area contributed by atoms with Crippen molar-refractivity contribution in [2.24, 2.45) is 7.05 Å². The van der Waals surface area contributed by atoms with Crippen LogP contribution in [0.5, 0.6) is 0 Å². The molecule has 3 aromatic rings. The van der Waals surface area contributed by atoms with E-state index in [0.717, 1.165) is 23.2 Å². The van der Waals surface area contributed by atoms with E-state index >= 15 is 0 Å². The Kier molecular flexibility index (Phi) is 5.08. The number of hydrazine groups is 1. The minimum Gasteiger partial charge on any atom is -0.297 e. The van der Waals surface area contributed by atoms with Gasteiger partial charge in [0.15, 0.2) is 5.82 Å². The molecule has 0 aliphatic heterocycles. The number of anilines is 1. The zero-order valence-electron chi connectivity index (χ0n) is 14.7. The lowest BCUT2D eigenvalue weighted by molar-refractivity contribution is -0.137. The van der Waals surface area contributed by atoms with Gasteiger partial charge >= 0.3 is 6.18 Å².